The molecule has 1 atom stereocenters. The van der Waals surface area contributed by atoms with Gasteiger partial charge in [0.05, 0.1) is 6.54 Å². The average Bonchev–Trinajstić information content (AvgIpc) is 2.23. The fourth-order valence-corrected chi connectivity index (χ4v) is 1.51. The lowest BCUT2D eigenvalue weighted by Gasteiger charge is -2.24. The Hall–Kier alpha value is -0.810. The summed E-state index contributed by atoms with van der Waals surface area (Å²) in [7, 11) is 1.80. The Balaban J connectivity index is 0. The predicted molar refractivity (Wildman–Crippen MR) is 71.0 cm³/mol. The smallest absolute Gasteiger partial charge is 0.237 e. The van der Waals surface area contributed by atoms with Gasteiger partial charge in [0.1, 0.15) is 0 Å². The van der Waals surface area contributed by atoms with Crippen molar-refractivity contribution in [3.63, 3.8) is 0 Å². The van der Waals surface area contributed by atoms with Crippen LogP contribution in [0.3, 0.4) is 0 Å². The highest BCUT2D eigenvalue weighted by Crippen LogP contribution is 2.03. The van der Waals surface area contributed by atoms with Crippen molar-refractivity contribution < 1.29 is 9.59 Å². The maximum Gasteiger partial charge on any atom is 0.237 e. The number of primary amides is 1. The Bertz CT molecular complexity index is 237. The highest BCUT2D eigenvalue weighted by molar-refractivity contribution is 5.85. The molecule has 0 saturated carbocycles. The molecule has 0 spiro atoms. The number of nitrogens with zero attached hydrogens (tertiary/aromatic N) is 1. The lowest BCUT2D eigenvalue weighted by atomic mass is 10.1. The molecule has 102 valence electrons. The minimum absolute atomic E-state index is 0. The first-order chi connectivity index (χ1) is 7.52. The van der Waals surface area contributed by atoms with Crippen LogP contribution in [-0.2, 0) is 9.59 Å². The van der Waals surface area contributed by atoms with Crippen LogP contribution in [0.15, 0.2) is 0 Å². The molecule has 0 aromatic heterocycles. The summed E-state index contributed by atoms with van der Waals surface area (Å²) in [5.41, 5.74) is 5.13. The molecule has 17 heavy (non-hydrogen) atoms. The molecule has 5 nitrogen and oxygen atoms in total. The summed E-state index contributed by atoms with van der Waals surface area (Å²) in [5.74, 6) is -0.594. The summed E-state index contributed by atoms with van der Waals surface area (Å²) in [6.07, 6.45) is 1.88. The third kappa shape index (κ3) is 7.99. The van der Waals surface area contributed by atoms with Crippen molar-refractivity contribution in [1.29, 1.82) is 0 Å². The van der Waals surface area contributed by atoms with Crippen LogP contribution in [0.1, 0.15) is 26.7 Å². The van der Waals surface area contributed by atoms with Gasteiger partial charge >= 0.3 is 0 Å². The van der Waals surface area contributed by atoms with Crippen LogP contribution in [0.2, 0.25) is 0 Å². The van der Waals surface area contributed by atoms with Crippen LogP contribution in [-0.4, -0.2) is 43.4 Å². The van der Waals surface area contributed by atoms with Gasteiger partial charge in [-0.1, -0.05) is 20.3 Å². The van der Waals surface area contributed by atoms with Crippen molar-refractivity contribution in [1.82, 2.24) is 10.2 Å². The second-order valence-electron chi connectivity index (χ2n) is 4.04. The summed E-state index contributed by atoms with van der Waals surface area (Å²) in [4.78, 5) is 24.4. The van der Waals surface area contributed by atoms with Crippen molar-refractivity contribution >= 4 is 24.2 Å². The number of hydrogen-bond donors (Lipinski definition) is 2. The van der Waals surface area contributed by atoms with Gasteiger partial charge in [-0.15, -0.1) is 12.4 Å². The first kappa shape index (κ1) is 18.6. The van der Waals surface area contributed by atoms with Crippen molar-refractivity contribution in [3.05, 3.63) is 0 Å². The van der Waals surface area contributed by atoms with Gasteiger partial charge in [-0.3, -0.25) is 9.59 Å². The molecule has 1 unspecified atom stereocenters. The predicted octanol–water partition coefficient (Wildman–Crippen LogP) is 0.378. The maximum atomic E-state index is 12.0. The van der Waals surface area contributed by atoms with Crippen molar-refractivity contribution in [2.24, 2.45) is 11.7 Å². The Labute approximate surface area is 110 Å². The molecule has 0 saturated heterocycles. The number of carbonyl (C=O) groups excluding carboxylic acids is 2. The normalized spacial score (nSPS) is 11.5. The Morgan fingerprint density at radius 3 is 2.41 bits per heavy atom. The summed E-state index contributed by atoms with van der Waals surface area (Å²) in [5, 5.41) is 2.95. The molecular weight excluding hydrogens is 242 g/mol. The number of unbranched alkanes of at least 4 members (excludes halogenated alkanes) is 1. The monoisotopic (exact) mass is 265 g/mol. The molecule has 0 aliphatic heterocycles. The number of carbonyl (C=O) groups is 2. The molecule has 2 amide bonds. The van der Waals surface area contributed by atoms with E-state index in [1.807, 2.05) is 13.8 Å². The SMILES string of the molecule is CCCCN(CC(N)=O)C(=O)C(C)CNC.Cl. The Morgan fingerprint density at radius 2 is 2.00 bits per heavy atom. The number of amides is 2. The van der Waals surface area contributed by atoms with E-state index in [2.05, 4.69) is 5.32 Å². The first-order valence-corrected chi connectivity index (χ1v) is 5.74. The third-order valence-corrected chi connectivity index (χ3v) is 2.37. The average molecular weight is 266 g/mol. The number of rotatable bonds is 8. The summed E-state index contributed by atoms with van der Waals surface area (Å²) < 4.78 is 0. The van der Waals surface area contributed by atoms with E-state index in [1.54, 1.807) is 11.9 Å². The summed E-state index contributed by atoms with van der Waals surface area (Å²) >= 11 is 0. The van der Waals surface area contributed by atoms with E-state index in [-0.39, 0.29) is 30.8 Å². The lowest BCUT2D eigenvalue weighted by molar-refractivity contribution is -0.138. The lowest BCUT2D eigenvalue weighted by Crippen LogP contribution is -2.43. The van der Waals surface area contributed by atoms with Crippen LogP contribution in [0, 0.1) is 5.92 Å². The minimum atomic E-state index is -0.457. The number of halogens is 1. The minimum Gasteiger partial charge on any atom is -0.368 e. The standard InChI is InChI=1S/C11H23N3O2.ClH/c1-4-5-6-14(8-10(12)15)11(16)9(2)7-13-3;/h9,13H,4-8H2,1-3H3,(H2,12,15);1H. The van der Waals surface area contributed by atoms with Gasteiger partial charge in [0.15, 0.2) is 0 Å². The largest absolute Gasteiger partial charge is 0.368 e. The number of hydrogen-bond acceptors (Lipinski definition) is 3. The molecule has 0 aliphatic carbocycles. The molecule has 0 aromatic carbocycles. The van der Waals surface area contributed by atoms with Gasteiger partial charge in [0.2, 0.25) is 11.8 Å². The first-order valence-electron chi connectivity index (χ1n) is 5.74. The van der Waals surface area contributed by atoms with E-state index in [9.17, 15) is 9.59 Å². The van der Waals surface area contributed by atoms with Gasteiger partial charge in [0.25, 0.3) is 0 Å². The third-order valence-electron chi connectivity index (χ3n) is 2.37. The van der Waals surface area contributed by atoms with Gasteiger partial charge in [-0.05, 0) is 13.5 Å². The Kier molecular flexibility index (Phi) is 11.3. The van der Waals surface area contributed by atoms with Gasteiger partial charge in [0, 0.05) is 19.0 Å². The van der Waals surface area contributed by atoms with E-state index in [0.717, 1.165) is 12.8 Å². The molecule has 0 aromatic rings. The number of nitrogens with one attached hydrogen (secondary N) is 1. The Morgan fingerprint density at radius 1 is 1.41 bits per heavy atom. The highest BCUT2D eigenvalue weighted by Gasteiger charge is 2.20. The summed E-state index contributed by atoms with van der Waals surface area (Å²) in [6, 6.07) is 0. The molecule has 0 heterocycles. The van der Waals surface area contributed by atoms with Crippen LogP contribution in [0.25, 0.3) is 0 Å². The quantitative estimate of drug-likeness (QED) is 0.666. The van der Waals surface area contributed by atoms with Crippen molar-refractivity contribution in [2.75, 3.05) is 26.7 Å². The molecule has 0 aliphatic rings. The van der Waals surface area contributed by atoms with E-state index < -0.39 is 5.91 Å². The van der Waals surface area contributed by atoms with Crippen LogP contribution < -0.4 is 11.1 Å². The van der Waals surface area contributed by atoms with Crippen LogP contribution in [0.5, 0.6) is 0 Å². The maximum absolute atomic E-state index is 12.0. The van der Waals surface area contributed by atoms with Gasteiger partial charge in [-0.2, -0.15) is 0 Å². The van der Waals surface area contributed by atoms with E-state index in [1.165, 1.54) is 0 Å². The van der Waals surface area contributed by atoms with Gasteiger partial charge in [-0.25, -0.2) is 0 Å². The summed E-state index contributed by atoms with van der Waals surface area (Å²) in [6.45, 7) is 5.13. The van der Waals surface area contributed by atoms with E-state index >= 15 is 0 Å². The fraction of sp³-hybridized carbons (Fsp3) is 0.818. The molecule has 0 radical (unpaired) electrons. The molecule has 3 N–H and O–H groups in total. The zero-order valence-electron chi connectivity index (χ0n) is 10.9. The molecule has 6 heteroatoms. The molecule has 0 bridgehead atoms. The highest BCUT2D eigenvalue weighted by atomic mass is 35.5. The number of nitrogens with two attached hydrogens (primary N) is 1. The van der Waals surface area contributed by atoms with Gasteiger partial charge < -0.3 is 16.0 Å². The molecular formula is C11H24ClN3O2. The molecule has 0 rings (SSSR count). The van der Waals surface area contributed by atoms with Crippen LogP contribution in [0.4, 0.5) is 0 Å². The zero-order chi connectivity index (χ0) is 12.6. The van der Waals surface area contributed by atoms with Crippen LogP contribution >= 0.6 is 12.4 Å². The van der Waals surface area contributed by atoms with Crippen molar-refractivity contribution in [3.8, 4) is 0 Å². The van der Waals surface area contributed by atoms with E-state index in [0.29, 0.717) is 13.1 Å². The second kappa shape index (κ2) is 10.4. The topological polar surface area (TPSA) is 75.4 Å². The molecule has 0 fully saturated rings. The second-order valence-corrected chi connectivity index (χ2v) is 4.04. The zero-order valence-corrected chi connectivity index (χ0v) is 11.7. The van der Waals surface area contributed by atoms with Crippen molar-refractivity contribution in [2.45, 2.75) is 26.7 Å². The fourth-order valence-electron chi connectivity index (χ4n) is 1.51. The van der Waals surface area contributed by atoms with E-state index in [4.69, 9.17) is 5.73 Å².